The number of nitrogens with one attached hydrogen (secondary N) is 1. The summed E-state index contributed by atoms with van der Waals surface area (Å²) < 4.78 is 0. The van der Waals surface area contributed by atoms with Crippen LogP contribution in [-0.4, -0.2) is 16.9 Å². The predicted octanol–water partition coefficient (Wildman–Crippen LogP) is 5.05. The molecule has 3 N–H and O–H groups in total. The van der Waals surface area contributed by atoms with Crippen LogP contribution in [-0.2, 0) is 4.79 Å². The normalized spacial score (nSPS) is 17.8. The molecule has 2 atom stereocenters. The first kappa shape index (κ1) is 20.7. The summed E-state index contributed by atoms with van der Waals surface area (Å²) in [6.07, 6.45) is 2.62. The van der Waals surface area contributed by atoms with Gasteiger partial charge in [0.05, 0.1) is 6.04 Å². The SMILES string of the molecule is CC(=O)N1c2ccc(-c3ccc(N)nc3)cc2C(Nc2ccccc2)CC1C.Cl. The van der Waals surface area contributed by atoms with E-state index < -0.39 is 0 Å². The van der Waals surface area contributed by atoms with E-state index in [4.69, 9.17) is 5.73 Å². The first-order chi connectivity index (χ1) is 13.5. The Labute approximate surface area is 177 Å². The lowest BCUT2D eigenvalue weighted by Gasteiger charge is -2.39. The number of benzene rings is 2. The van der Waals surface area contributed by atoms with E-state index in [9.17, 15) is 4.79 Å². The van der Waals surface area contributed by atoms with Crippen molar-refractivity contribution >= 4 is 35.5 Å². The minimum absolute atomic E-state index is 0. The van der Waals surface area contributed by atoms with E-state index >= 15 is 0 Å². The Morgan fingerprint density at radius 2 is 1.83 bits per heavy atom. The van der Waals surface area contributed by atoms with Gasteiger partial charge in [0.2, 0.25) is 5.91 Å². The van der Waals surface area contributed by atoms with Crippen LogP contribution in [0.25, 0.3) is 11.1 Å². The van der Waals surface area contributed by atoms with E-state index in [0.717, 1.165) is 34.5 Å². The molecule has 1 aromatic heterocycles. The largest absolute Gasteiger partial charge is 0.384 e. The summed E-state index contributed by atoms with van der Waals surface area (Å²) in [4.78, 5) is 18.4. The molecule has 1 aliphatic heterocycles. The third-order valence-corrected chi connectivity index (χ3v) is 5.25. The molecule has 0 fully saturated rings. The van der Waals surface area contributed by atoms with Gasteiger partial charge >= 0.3 is 0 Å². The van der Waals surface area contributed by atoms with Crippen molar-refractivity contribution in [3.05, 3.63) is 72.4 Å². The zero-order valence-corrected chi connectivity index (χ0v) is 17.3. The minimum Gasteiger partial charge on any atom is -0.384 e. The number of carbonyl (C=O) groups is 1. The lowest BCUT2D eigenvalue weighted by molar-refractivity contribution is -0.117. The summed E-state index contributed by atoms with van der Waals surface area (Å²) in [6, 6.07) is 20.4. The molecule has 3 aromatic rings. The van der Waals surface area contributed by atoms with Crippen molar-refractivity contribution in [2.45, 2.75) is 32.4 Å². The second kappa shape index (κ2) is 8.53. The van der Waals surface area contributed by atoms with Gasteiger partial charge in [-0.15, -0.1) is 12.4 Å². The molecule has 6 heteroatoms. The van der Waals surface area contributed by atoms with Crippen LogP contribution in [0.15, 0.2) is 66.9 Å². The quantitative estimate of drug-likeness (QED) is 0.636. The van der Waals surface area contributed by atoms with Crippen LogP contribution < -0.4 is 16.0 Å². The van der Waals surface area contributed by atoms with E-state index in [-0.39, 0.29) is 30.4 Å². The lowest BCUT2D eigenvalue weighted by atomic mass is 9.89. The Morgan fingerprint density at radius 1 is 1.10 bits per heavy atom. The minimum atomic E-state index is 0. The van der Waals surface area contributed by atoms with Crippen molar-refractivity contribution in [1.29, 1.82) is 0 Å². The number of aromatic nitrogens is 1. The monoisotopic (exact) mass is 408 g/mol. The molecule has 1 aliphatic rings. The van der Waals surface area contributed by atoms with Crippen LogP contribution in [0.3, 0.4) is 0 Å². The van der Waals surface area contributed by atoms with Crippen LogP contribution in [0.1, 0.15) is 31.9 Å². The highest BCUT2D eigenvalue weighted by Gasteiger charge is 2.32. The second-order valence-corrected chi connectivity index (χ2v) is 7.28. The smallest absolute Gasteiger partial charge is 0.224 e. The molecule has 0 spiro atoms. The maximum Gasteiger partial charge on any atom is 0.224 e. The zero-order chi connectivity index (χ0) is 19.7. The number of hydrogen-bond acceptors (Lipinski definition) is 4. The Hall–Kier alpha value is -3.05. The van der Waals surface area contributed by atoms with Crippen molar-refractivity contribution in [2.75, 3.05) is 16.0 Å². The maximum atomic E-state index is 12.3. The average Bonchev–Trinajstić information content (AvgIpc) is 2.69. The van der Waals surface area contributed by atoms with Crippen molar-refractivity contribution in [3.63, 3.8) is 0 Å². The predicted molar refractivity (Wildman–Crippen MR) is 121 cm³/mol. The molecule has 0 bridgehead atoms. The fourth-order valence-electron chi connectivity index (χ4n) is 3.97. The number of fused-ring (bicyclic) bond motifs is 1. The van der Waals surface area contributed by atoms with Gasteiger partial charge in [-0.05, 0) is 60.9 Å². The van der Waals surface area contributed by atoms with Crippen molar-refractivity contribution < 1.29 is 4.79 Å². The highest BCUT2D eigenvalue weighted by molar-refractivity contribution is 5.94. The van der Waals surface area contributed by atoms with Gasteiger partial charge in [-0.1, -0.05) is 24.3 Å². The molecule has 1 amide bonds. The molecule has 0 radical (unpaired) electrons. The number of amides is 1. The molecule has 0 saturated heterocycles. The second-order valence-electron chi connectivity index (χ2n) is 7.28. The standard InChI is InChI=1S/C23H24N4O.ClH/c1-15-12-21(26-19-6-4-3-5-7-19)20-13-17(18-9-11-23(24)25-14-18)8-10-22(20)27(15)16(2)28;/h3-11,13-15,21,26H,12H2,1-2H3,(H2,24,25);1H. The Balaban J connectivity index is 0.00000240. The first-order valence-electron chi connectivity index (χ1n) is 9.50. The first-order valence-corrected chi connectivity index (χ1v) is 9.50. The molecule has 29 heavy (non-hydrogen) atoms. The summed E-state index contributed by atoms with van der Waals surface area (Å²) in [5, 5.41) is 3.64. The number of nitrogens with zero attached hydrogens (tertiary/aromatic N) is 2. The highest BCUT2D eigenvalue weighted by Crippen LogP contribution is 2.41. The molecule has 0 aliphatic carbocycles. The fraction of sp³-hybridized carbons (Fsp3) is 0.217. The molecule has 5 nitrogen and oxygen atoms in total. The summed E-state index contributed by atoms with van der Waals surface area (Å²) in [7, 11) is 0. The number of nitrogens with two attached hydrogens (primary N) is 1. The molecule has 4 rings (SSSR count). The van der Waals surface area contributed by atoms with E-state index in [1.54, 1.807) is 19.2 Å². The third-order valence-electron chi connectivity index (χ3n) is 5.25. The fourth-order valence-corrected chi connectivity index (χ4v) is 3.97. The average molecular weight is 409 g/mol. The number of anilines is 3. The van der Waals surface area contributed by atoms with Gasteiger partial charge < -0.3 is 16.0 Å². The number of carbonyl (C=O) groups excluding carboxylic acids is 1. The Bertz CT molecular complexity index is 992. The van der Waals surface area contributed by atoms with Crippen LogP contribution in [0.4, 0.5) is 17.2 Å². The molecular formula is C23H25ClN4O. The Kier molecular flexibility index (Phi) is 6.09. The van der Waals surface area contributed by atoms with Crippen LogP contribution in [0.5, 0.6) is 0 Å². The summed E-state index contributed by atoms with van der Waals surface area (Å²) in [5.41, 5.74) is 10.9. The van der Waals surface area contributed by atoms with Crippen LogP contribution in [0, 0.1) is 0 Å². The zero-order valence-electron chi connectivity index (χ0n) is 16.5. The number of para-hydroxylation sites is 1. The number of hydrogen-bond donors (Lipinski definition) is 2. The molecular weight excluding hydrogens is 384 g/mol. The van der Waals surface area contributed by atoms with Crippen molar-refractivity contribution in [2.24, 2.45) is 0 Å². The summed E-state index contributed by atoms with van der Waals surface area (Å²) in [6.45, 7) is 3.73. The van der Waals surface area contributed by atoms with Crippen LogP contribution >= 0.6 is 12.4 Å². The molecule has 0 saturated carbocycles. The van der Waals surface area contributed by atoms with E-state index in [1.165, 1.54) is 0 Å². The molecule has 2 unspecified atom stereocenters. The molecule has 2 heterocycles. The van der Waals surface area contributed by atoms with Gasteiger partial charge in [0.25, 0.3) is 0 Å². The number of halogens is 1. The van der Waals surface area contributed by atoms with E-state index in [1.807, 2.05) is 41.3 Å². The van der Waals surface area contributed by atoms with Gasteiger partial charge in [-0.2, -0.15) is 0 Å². The van der Waals surface area contributed by atoms with Gasteiger partial charge in [0.15, 0.2) is 0 Å². The maximum absolute atomic E-state index is 12.3. The third kappa shape index (κ3) is 4.20. The van der Waals surface area contributed by atoms with E-state index in [0.29, 0.717) is 5.82 Å². The van der Waals surface area contributed by atoms with Gasteiger partial charge in [0.1, 0.15) is 5.82 Å². The highest BCUT2D eigenvalue weighted by atomic mass is 35.5. The topological polar surface area (TPSA) is 71.2 Å². The Morgan fingerprint density at radius 3 is 2.48 bits per heavy atom. The van der Waals surface area contributed by atoms with Crippen LogP contribution in [0.2, 0.25) is 0 Å². The summed E-state index contributed by atoms with van der Waals surface area (Å²) >= 11 is 0. The van der Waals surface area contributed by atoms with Gasteiger partial charge in [0, 0.05) is 36.1 Å². The van der Waals surface area contributed by atoms with E-state index in [2.05, 4.69) is 35.4 Å². The number of pyridine rings is 1. The van der Waals surface area contributed by atoms with Crippen molar-refractivity contribution in [3.8, 4) is 11.1 Å². The lowest BCUT2D eigenvalue weighted by Crippen LogP contribution is -2.43. The number of rotatable bonds is 3. The number of nitrogen functional groups attached to an aromatic ring is 1. The molecule has 2 aromatic carbocycles. The summed E-state index contributed by atoms with van der Waals surface area (Å²) in [5.74, 6) is 0.565. The molecule has 150 valence electrons. The van der Waals surface area contributed by atoms with Crippen molar-refractivity contribution in [1.82, 2.24) is 4.98 Å². The van der Waals surface area contributed by atoms with Gasteiger partial charge in [-0.3, -0.25) is 4.79 Å². The van der Waals surface area contributed by atoms with Gasteiger partial charge in [-0.25, -0.2) is 4.98 Å².